The summed E-state index contributed by atoms with van der Waals surface area (Å²) in [5, 5.41) is 94.3. The Balaban J connectivity index is 0.000000634. The number of nitriles is 4. The van der Waals surface area contributed by atoms with E-state index in [0.717, 1.165) is 23.1 Å². The molecule has 29 heteroatoms. The van der Waals surface area contributed by atoms with E-state index >= 15 is 0 Å². The van der Waals surface area contributed by atoms with Gasteiger partial charge in [-0.3, -0.25) is 19.2 Å². The summed E-state index contributed by atoms with van der Waals surface area (Å²) in [6.07, 6.45) is 0.445. The lowest BCUT2D eigenvalue weighted by molar-refractivity contribution is -0.143. The van der Waals surface area contributed by atoms with Crippen LogP contribution in [0.2, 0.25) is 0 Å². The van der Waals surface area contributed by atoms with Gasteiger partial charge in [0.25, 0.3) is 0 Å². The number of aliphatic hydroxyl groups is 1. The molecule has 596 valence electrons. The number of hydrogen-bond acceptors (Lipinski definition) is 20. The van der Waals surface area contributed by atoms with Crippen LogP contribution in [0.4, 0.5) is 13.2 Å². The molecule has 10 aromatic carbocycles. The highest BCUT2D eigenvalue weighted by atomic mass is 19.1. The van der Waals surface area contributed by atoms with Gasteiger partial charge in [0.1, 0.15) is 76.4 Å². The van der Waals surface area contributed by atoms with E-state index in [9.17, 15) is 41.9 Å². The smallest absolute Gasteiger partial charge is 0.328 e. The van der Waals surface area contributed by atoms with Crippen molar-refractivity contribution in [3.05, 3.63) is 358 Å². The lowest BCUT2D eigenvalue weighted by atomic mass is 9.94. The van der Waals surface area contributed by atoms with E-state index in [1.165, 1.54) is 86.6 Å². The molecule has 10 atom stereocenters. The Labute approximate surface area is 658 Å². The van der Waals surface area contributed by atoms with Gasteiger partial charge in [0.05, 0.1) is 24.3 Å². The van der Waals surface area contributed by atoms with Crippen LogP contribution < -0.4 is 51.6 Å². The maximum Gasteiger partial charge on any atom is 0.328 e. The molecule has 0 radical (unpaired) electrons. The van der Waals surface area contributed by atoms with Gasteiger partial charge in [-0.1, -0.05) is 249 Å². The largest absolute Gasteiger partial charge is 0.480 e. The topological polar surface area (TPSA) is 573 Å². The van der Waals surface area contributed by atoms with Crippen molar-refractivity contribution in [2.24, 2.45) is 51.6 Å². The molecule has 0 bridgehead atoms. The standard InChI is InChI=1S/C10H11NO.C9H10N2.2C9H11NO2.C8H7FN2.2C8H8FNO2.C8H8N2.2C8H9NO2/c11-8-10(12)7-6-9-4-2-1-3-5-9;1-9(11,7-10)8-5-3-2-4-6-8;2*1-9(10,8(11)12)7-5-3-2-4-6-7;9-7-3-1-6(2-4-7)8(11)5-10;2*9-6-3-1-5(2-4-6)7(10)8(11)12;9-6-8(10)7-4-2-1-3-5-7;2*9-7(8(10)11)6-4-2-1-3-5-6/h1-5,10,12H,6-7H2;2-6H,11H2,1H3;2*2-6H,10H2,1H3,(H,11,12);1-4,8H,11H2;2*1-4,7H,10H2,(H,11,12);1-5,8H,10H2;2*1-5,7H,9H2,(H,10,11)/t;;2*9-;;2*7-;;2*7-/m..10.10.10/s1. The number of carbonyl (C=O) groups is 6. The Hall–Kier alpha value is -13.6. The van der Waals surface area contributed by atoms with Crippen molar-refractivity contribution < 1.29 is 77.7 Å². The molecule has 0 amide bonds. The van der Waals surface area contributed by atoms with Gasteiger partial charge in [0.2, 0.25) is 0 Å². The number of carboxylic acids is 6. The van der Waals surface area contributed by atoms with Crippen LogP contribution in [0.5, 0.6) is 0 Å². The molecule has 0 saturated carbocycles. The van der Waals surface area contributed by atoms with E-state index in [1.807, 2.05) is 133 Å². The van der Waals surface area contributed by atoms with E-state index in [2.05, 4.69) is 0 Å². The summed E-state index contributed by atoms with van der Waals surface area (Å²) in [6.45, 7) is 4.65. The molecule has 0 spiro atoms. The van der Waals surface area contributed by atoms with Gasteiger partial charge in [0, 0.05) is 0 Å². The fraction of sp³-hybridized carbons (Fsp3) is 0.176. The van der Waals surface area contributed by atoms with E-state index in [1.54, 1.807) is 110 Å². The van der Waals surface area contributed by atoms with Gasteiger partial charge >= 0.3 is 35.8 Å². The normalized spacial score (nSPS) is 13.2. The van der Waals surface area contributed by atoms with Crippen molar-refractivity contribution in [3.8, 4) is 24.3 Å². The van der Waals surface area contributed by atoms with Crippen LogP contribution in [0.25, 0.3) is 0 Å². The van der Waals surface area contributed by atoms with Crippen molar-refractivity contribution in [1.29, 1.82) is 21.0 Å². The SMILES string of the molecule is CC(N)(C#N)c1ccccc1.C[C@@](N)(C(=O)O)c1ccccc1.C[C@](N)(C(=O)O)c1ccccc1.N#CC(N)c1ccc(F)cc1.N#CC(N)c1ccccc1.N#CC(O)CCc1ccccc1.N[C@@H](C(=O)O)c1ccc(F)cc1.N[C@@H](C(=O)O)c1ccccc1.N[C@H](C(=O)O)c1ccc(F)cc1.N[C@H](C(=O)O)c1ccccc1. The quantitative estimate of drug-likeness (QED) is 0.0355. The summed E-state index contributed by atoms with van der Waals surface area (Å²) in [7, 11) is 0. The van der Waals surface area contributed by atoms with Crippen LogP contribution >= 0.6 is 0 Å². The van der Waals surface area contributed by atoms with Crippen LogP contribution in [0.15, 0.2) is 285 Å². The summed E-state index contributed by atoms with van der Waals surface area (Å²) >= 11 is 0. The van der Waals surface area contributed by atoms with Crippen molar-refractivity contribution in [2.45, 2.75) is 92.6 Å². The van der Waals surface area contributed by atoms with E-state index in [-0.39, 0.29) is 5.82 Å². The fourth-order valence-electron chi connectivity index (χ4n) is 8.39. The molecule has 0 aliphatic rings. The number of nitrogens with two attached hydrogens (primary N) is 9. The Kier molecular flexibility index (Phi) is 45.3. The molecular weight excluding hydrogens is 1470 g/mol. The molecule has 0 saturated heterocycles. The summed E-state index contributed by atoms with van der Waals surface area (Å²) in [4.78, 5) is 62.9. The first-order valence-electron chi connectivity index (χ1n) is 34.0. The van der Waals surface area contributed by atoms with Gasteiger partial charge in [-0.15, -0.1) is 0 Å². The number of aliphatic carboxylic acids is 6. The number of carboxylic acid groups (broad SMARTS) is 6. The molecule has 0 aromatic heterocycles. The van der Waals surface area contributed by atoms with Crippen LogP contribution in [-0.2, 0) is 51.8 Å². The van der Waals surface area contributed by atoms with Crippen LogP contribution in [0, 0.1) is 62.8 Å². The van der Waals surface area contributed by atoms with Crippen molar-refractivity contribution in [3.63, 3.8) is 0 Å². The van der Waals surface area contributed by atoms with Crippen molar-refractivity contribution >= 4 is 35.8 Å². The molecular formula is C85H92F3N13O13. The number of rotatable bonds is 18. The summed E-state index contributed by atoms with van der Waals surface area (Å²) in [5.74, 6) is -7.43. The minimum Gasteiger partial charge on any atom is -0.480 e. The summed E-state index contributed by atoms with van der Waals surface area (Å²) < 4.78 is 37.1. The number of aliphatic hydroxyl groups excluding tert-OH is 1. The number of hydrogen-bond donors (Lipinski definition) is 16. The number of benzene rings is 10. The van der Waals surface area contributed by atoms with Gasteiger partial charge in [0.15, 0.2) is 0 Å². The minimum atomic E-state index is -1.29. The Morgan fingerprint density at radius 1 is 0.333 bits per heavy atom. The molecule has 4 unspecified atom stereocenters. The average Bonchev–Trinajstić information content (AvgIpc) is 0.841. The first kappa shape index (κ1) is 98.4. The van der Waals surface area contributed by atoms with Crippen molar-refractivity contribution in [1.82, 2.24) is 0 Å². The predicted molar refractivity (Wildman–Crippen MR) is 423 cm³/mol. The monoisotopic (exact) mass is 1560 g/mol. The highest BCUT2D eigenvalue weighted by Gasteiger charge is 2.31. The minimum absolute atomic E-state index is 0.320. The second kappa shape index (κ2) is 52.5. The third-order valence-corrected chi connectivity index (χ3v) is 15.4. The highest BCUT2D eigenvalue weighted by Crippen LogP contribution is 2.20. The first-order valence-corrected chi connectivity index (χ1v) is 34.0. The predicted octanol–water partition coefficient (Wildman–Crippen LogP) is 10.7. The Bertz CT molecular complexity index is 4470. The van der Waals surface area contributed by atoms with Crippen LogP contribution in [-0.4, -0.2) is 77.7 Å². The Morgan fingerprint density at radius 3 is 0.789 bits per heavy atom. The highest BCUT2D eigenvalue weighted by molar-refractivity contribution is 5.81. The zero-order valence-electron chi connectivity index (χ0n) is 62.3. The van der Waals surface area contributed by atoms with Gasteiger partial charge in [-0.25, -0.2) is 22.8 Å². The van der Waals surface area contributed by atoms with E-state index in [0.29, 0.717) is 45.4 Å². The average molecular weight is 1560 g/mol. The molecule has 0 fully saturated rings. The second-order valence-corrected chi connectivity index (χ2v) is 24.5. The number of halogens is 3. The third-order valence-electron chi connectivity index (χ3n) is 15.4. The molecule has 114 heavy (non-hydrogen) atoms. The molecule has 26 nitrogen and oxygen atoms in total. The molecule has 0 aliphatic heterocycles. The van der Waals surface area contributed by atoms with Crippen LogP contribution in [0.1, 0.15) is 119 Å². The lowest BCUT2D eigenvalue weighted by Gasteiger charge is -2.18. The lowest BCUT2D eigenvalue weighted by Crippen LogP contribution is -2.41. The molecule has 10 rings (SSSR count). The van der Waals surface area contributed by atoms with Crippen molar-refractivity contribution in [2.75, 3.05) is 0 Å². The molecule has 25 N–H and O–H groups in total. The number of aryl methyl sites for hydroxylation is 1. The summed E-state index contributed by atoms with van der Waals surface area (Å²) in [5.41, 5.74) is 52.2. The first-order chi connectivity index (χ1) is 53.8. The van der Waals surface area contributed by atoms with E-state index in [4.69, 9.17) is 108 Å². The molecule has 10 aromatic rings. The Morgan fingerprint density at radius 2 is 0.553 bits per heavy atom. The second-order valence-electron chi connectivity index (χ2n) is 24.5. The summed E-state index contributed by atoms with van der Waals surface area (Å²) in [6, 6.07) is 81.7. The molecule has 0 aliphatic carbocycles. The van der Waals surface area contributed by atoms with Crippen LogP contribution in [0.3, 0.4) is 0 Å². The van der Waals surface area contributed by atoms with E-state index < -0.39 is 106 Å². The maximum atomic E-state index is 12.4. The van der Waals surface area contributed by atoms with Gasteiger partial charge < -0.3 is 87.3 Å². The van der Waals surface area contributed by atoms with Gasteiger partial charge in [-0.05, 0) is 126 Å². The third kappa shape index (κ3) is 38.1. The van der Waals surface area contributed by atoms with Gasteiger partial charge in [-0.2, -0.15) is 21.0 Å². The molecule has 0 heterocycles. The number of nitrogens with zero attached hydrogens (tertiary/aromatic N) is 4. The zero-order chi connectivity index (χ0) is 86.0. The fourth-order valence-corrected chi connectivity index (χ4v) is 8.39. The zero-order valence-corrected chi connectivity index (χ0v) is 62.3. The maximum absolute atomic E-state index is 12.4.